The van der Waals surface area contributed by atoms with E-state index in [-0.39, 0.29) is 12.6 Å². The number of benzene rings is 2. The van der Waals surface area contributed by atoms with Gasteiger partial charge in [0.15, 0.2) is 0 Å². The first-order valence-corrected chi connectivity index (χ1v) is 10.8. The predicted molar refractivity (Wildman–Crippen MR) is 122 cm³/mol. The zero-order chi connectivity index (χ0) is 23.1. The topological polar surface area (TPSA) is 76.1 Å². The van der Waals surface area contributed by atoms with Gasteiger partial charge in [-0.1, -0.05) is 30.3 Å². The fourth-order valence-electron chi connectivity index (χ4n) is 3.64. The van der Waals surface area contributed by atoms with Crippen molar-refractivity contribution in [1.82, 2.24) is 4.98 Å². The largest absolute Gasteiger partial charge is 0.489 e. The van der Waals surface area contributed by atoms with Crippen LogP contribution in [0.25, 0.3) is 11.1 Å². The number of carbonyl (C=O) groups is 1. The summed E-state index contributed by atoms with van der Waals surface area (Å²) in [6.45, 7) is 3.21. The SMILES string of the molecule is CCOC(=O)COC1(c2ccc(OCc3cccc(-c4cccnc4OC)c3)cc2)COC1. The number of rotatable bonds is 10. The van der Waals surface area contributed by atoms with Crippen LogP contribution in [0.4, 0.5) is 0 Å². The summed E-state index contributed by atoms with van der Waals surface area (Å²) >= 11 is 0. The number of methoxy groups -OCH3 is 1. The van der Waals surface area contributed by atoms with Gasteiger partial charge in [0.05, 0.1) is 26.9 Å². The second-order valence-electron chi connectivity index (χ2n) is 7.65. The third-order valence-corrected chi connectivity index (χ3v) is 5.43. The van der Waals surface area contributed by atoms with Crippen molar-refractivity contribution in [2.45, 2.75) is 19.1 Å². The Balaban J connectivity index is 1.39. The molecule has 1 fully saturated rings. The van der Waals surface area contributed by atoms with Gasteiger partial charge in [0.1, 0.15) is 24.6 Å². The highest BCUT2D eigenvalue weighted by Crippen LogP contribution is 2.35. The molecule has 0 N–H and O–H groups in total. The lowest BCUT2D eigenvalue weighted by atomic mass is 9.91. The fraction of sp³-hybridized carbons (Fsp3) is 0.308. The van der Waals surface area contributed by atoms with E-state index in [1.165, 1.54) is 0 Å². The van der Waals surface area contributed by atoms with Crippen molar-refractivity contribution in [2.24, 2.45) is 0 Å². The first kappa shape index (κ1) is 22.8. The van der Waals surface area contributed by atoms with Gasteiger partial charge in [-0.05, 0) is 53.9 Å². The average Bonchev–Trinajstić information content (AvgIpc) is 2.83. The maximum Gasteiger partial charge on any atom is 0.332 e. The van der Waals surface area contributed by atoms with Crippen LogP contribution in [-0.4, -0.2) is 44.5 Å². The van der Waals surface area contributed by atoms with Crippen LogP contribution in [0.2, 0.25) is 0 Å². The molecule has 0 unspecified atom stereocenters. The van der Waals surface area contributed by atoms with Crippen molar-refractivity contribution < 1.29 is 28.5 Å². The van der Waals surface area contributed by atoms with Crippen molar-refractivity contribution in [2.75, 3.05) is 33.5 Å². The van der Waals surface area contributed by atoms with Gasteiger partial charge in [-0.2, -0.15) is 0 Å². The van der Waals surface area contributed by atoms with Crippen molar-refractivity contribution in [3.63, 3.8) is 0 Å². The summed E-state index contributed by atoms with van der Waals surface area (Å²) in [7, 11) is 1.62. The summed E-state index contributed by atoms with van der Waals surface area (Å²) < 4.78 is 27.5. The number of pyridine rings is 1. The smallest absolute Gasteiger partial charge is 0.332 e. The van der Waals surface area contributed by atoms with Crippen LogP contribution in [0.3, 0.4) is 0 Å². The van der Waals surface area contributed by atoms with Crippen LogP contribution in [0.1, 0.15) is 18.1 Å². The van der Waals surface area contributed by atoms with E-state index < -0.39 is 5.60 Å². The molecule has 172 valence electrons. The minimum absolute atomic E-state index is 0.104. The molecule has 2 heterocycles. The normalized spacial score (nSPS) is 14.2. The van der Waals surface area contributed by atoms with Gasteiger partial charge in [-0.25, -0.2) is 9.78 Å². The van der Waals surface area contributed by atoms with Crippen LogP contribution in [-0.2, 0) is 31.2 Å². The summed E-state index contributed by atoms with van der Waals surface area (Å²) in [5.41, 5.74) is 3.30. The third-order valence-electron chi connectivity index (χ3n) is 5.43. The Hall–Kier alpha value is -3.42. The van der Waals surface area contributed by atoms with Crippen LogP contribution in [0, 0.1) is 0 Å². The lowest BCUT2D eigenvalue weighted by molar-refractivity contribution is -0.221. The number of ether oxygens (including phenoxy) is 5. The Morgan fingerprint density at radius 2 is 1.91 bits per heavy atom. The highest BCUT2D eigenvalue weighted by atomic mass is 16.6. The molecule has 0 atom stereocenters. The molecular formula is C26H27NO6. The second kappa shape index (κ2) is 10.5. The molecule has 0 saturated carbocycles. The van der Waals surface area contributed by atoms with E-state index in [0.717, 1.165) is 28.0 Å². The standard InChI is InChI=1S/C26H27NO6/c1-3-31-24(28)16-33-26(17-30-18-26)21-9-11-22(12-10-21)32-15-19-6-4-7-20(14-19)23-8-5-13-27-25(23)29-2/h4-14H,3,15-18H2,1-2H3. The Bertz CT molecular complexity index is 1080. The van der Waals surface area contributed by atoms with Crippen molar-refractivity contribution >= 4 is 5.97 Å². The van der Waals surface area contributed by atoms with Crippen molar-refractivity contribution in [3.8, 4) is 22.8 Å². The number of hydrogen-bond acceptors (Lipinski definition) is 7. The lowest BCUT2D eigenvalue weighted by Gasteiger charge is -2.41. The maximum absolute atomic E-state index is 11.7. The first-order chi connectivity index (χ1) is 16.1. The molecular weight excluding hydrogens is 422 g/mol. The monoisotopic (exact) mass is 449 g/mol. The van der Waals surface area contributed by atoms with Gasteiger partial charge < -0.3 is 23.7 Å². The molecule has 1 aromatic heterocycles. The number of aromatic nitrogens is 1. The van der Waals surface area contributed by atoms with Gasteiger partial charge in [0.25, 0.3) is 0 Å². The van der Waals surface area contributed by atoms with E-state index in [1.54, 1.807) is 20.2 Å². The molecule has 0 spiro atoms. The van der Waals surface area contributed by atoms with E-state index in [4.69, 9.17) is 23.7 Å². The number of esters is 1. The number of nitrogens with zero attached hydrogens (tertiary/aromatic N) is 1. The minimum atomic E-state index is -0.623. The molecule has 1 saturated heterocycles. The molecule has 0 aliphatic carbocycles. The van der Waals surface area contributed by atoms with Gasteiger partial charge in [0, 0.05) is 11.8 Å². The van der Waals surface area contributed by atoms with Gasteiger partial charge in [-0.3, -0.25) is 0 Å². The molecule has 4 rings (SSSR count). The van der Waals surface area contributed by atoms with Gasteiger partial charge >= 0.3 is 5.97 Å². The van der Waals surface area contributed by atoms with Crippen LogP contribution < -0.4 is 9.47 Å². The molecule has 33 heavy (non-hydrogen) atoms. The van der Waals surface area contributed by atoms with Crippen molar-refractivity contribution in [3.05, 3.63) is 78.0 Å². The molecule has 1 aliphatic rings. The predicted octanol–water partition coefficient (Wildman–Crippen LogP) is 4.14. The minimum Gasteiger partial charge on any atom is -0.489 e. The maximum atomic E-state index is 11.7. The molecule has 0 radical (unpaired) electrons. The molecule has 3 aromatic rings. The highest BCUT2D eigenvalue weighted by Gasteiger charge is 2.42. The Kier molecular flexibility index (Phi) is 7.22. The summed E-state index contributed by atoms with van der Waals surface area (Å²) in [5, 5.41) is 0. The van der Waals surface area contributed by atoms with E-state index in [9.17, 15) is 4.79 Å². The molecule has 0 bridgehead atoms. The summed E-state index contributed by atoms with van der Waals surface area (Å²) in [4.78, 5) is 15.9. The average molecular weight is 450 g/mol. The third kappa shape index (κ3) is 5.32. The highest BCUT2D eigenvalue weighted by molar-refractivity contribution is 5.70. The Labute approximate surface area is 193 Å². The van der Waals surface area contributed by atoms with Crippen LogP contribution in [0.5, 0.6) is 11.6 Å². The first-order valence-electron chi connectivity index (χ1n) is 10.8. The van der Waals surface area contributed by atoms with Crippen LogP contribution in [0.15, 0.2) is 66.9 Å². The second-order valence-corrected chi connectivity index (χ2v) is 7.65. The molecule has 2 aromatic carbocycles. The van der Waals surface area contributed by atoms with Gasteiger partial charge in [0.2, 0.25) is 5.88 Å². The van der Waals surface area contributed by atoms with Crippen molar-refractivity contribution in [1.29, 1.82) is 0 Å². The summed E-state index contributed by atoms with van der Waals surface area (Å²) in [6, 6.07) is 19.7. The number of carbonyl (C=O) groups excluding carboxylic acids is 1. The summed E-state index contributed by atoms with van der Waals surface area (Å²) in [5.74, 6) is 0.948. The van der Waals surface area contributed by atoms with E-state index in [1.807, 2.05) is 54.6 Å². The number of hydrogen-bond donors (Lipinski definition) is 0. The van der Waals surface area contributed by atoms with E-state index in [2.05, 4.69) is 11.1 Å². The molecule has 7 heteroatoms. The van der Waals surface area contributed by atoms with E-state index >= 15 is 0 Å². The fourth-order valence-corrected chi connectivity index (χ4v) is 3.64. The zero-order valence-corrected chi connectivity index (χ0v) is 18.8. The summed E-state index contributed by atoms with van der Waals surface area (Å²) in [6.07, 6.45) is 1.71. The zero-order valence-electron chi connectivity index (χ0n) is 18.8. The molecule has 7 nitrogen and oxygen atoms in total. The molecule has 0 amide bonds. The quantitative estimate of drug-likeness (QED) is 0.431. The Morgan fingerprint density at radius 1 is 1.09 bits per heavy atom. The molecule has 1 aliphatic heterocycles. The van der Waals surface area contributed by atoms with E-state index in [0.29, 0.717) is 32.3 Å². The van der Waals surface area contributed by atoms with Crippen LogP contribution >= 0.6 is 0 Å². The van der Waals surface area contributed by atoms with Gasteiger partial charge in [-0.15, -0.1) is 0 Å². The lowest BCUT2D eigenvalue weighted by Crippen LogP contribution is -2.49. The Morgan fingerprint density at radius 3 is 2.61 bits per heavy atom.